The van der Waals surface area contributed by atoms with E-state index in [9.17, 15) is 23.1 Å². The van der Waals surface area contributed by atoms with Gasteiger partial charge in [-0.2, -0.15) is 8.78 Å². The molecule has 2 aliphatic rings. The van der Waals surface area contributed by atoms with Gasteiger partial charge < -0.3 is 20.5 Å². The van der Waals surface area contributed by atoms with E-state index in [0.29, 0.717) is 19.5 Å². The first kappa shape index (κ1) is 23.5. The van der Waals surface area contributed by atoms with E-state index in [1.54, 1.807) is 24.0 Å². The van der Waals surface area contributed by atoms with Crippen LogP contribution in [0.3, 0.4) is 0 Å². The molecule has 2 atom stereocenters. The molecule has 0 aromatic heterocycles. The molecule has 0 spiro atoms. The van der Waals surface area contributed by atoms with Crippen molar-refractivity contribution in [1.82, 2.24) is 15.5 Å². The molecule has 178 valence electrons. The lowest BCUT2D eigenvalue weighted by Gasteiger charge is -2.32. The number of aliphatic hydroxyl groups excluding tert-OH is 1. The van der Waals surface area contributed by atoms with Crippen molar-refractivity contribution in [2.45, 2.75) is 51.0 Å². The maximum Gasteiger partial charge on any atom is 0.291 e. The van der Waals surface area contributed by atoms with E-state index in [4.69, 9.17) is 4.74 Å². The van der Waals surface area contributed by atoms with E-state index in [1.165, 1.54) is 12.1 Å². The first-order valence-electron chi connectivity index (χ1n) is 11.2. The molecule has 0 radical (unpaired) electrons. The number of benzene rings is 2. The minimum atomic E-state index is -3.46. The molecule has 2 aliphatic heterocycles. The van der Waals surface area contributed by atoms with Crippen LogP contribution in [0.25, 0.3) is 0 Å². The molecule has 4 rings (SSSR count). The average Bonchev–Trinajstić information content (AvgIpc) is 3.10. The number of rotatable bonds is 8. The highest BCUT2D eigenvalue weighted by Crippen LogP contribution is 2.37. The number of hydrogen-bond donors (Lipinski definition) is 3. The molecule has 2 aromatic carbocycles. The van der Waals surface area contributed by atoms with Crippen LogP contribution in [0.15, 0.2) is 36.4 Å². The Morgan fingerprint density at radius 1 is 1.30 bits per heavy atom. The molecule has 1 fully saturated rings. The molecule has 6 nitrogen and oxygen atoms in total. The minimum Gasteiger partial charge on any atom is -0.493 e. The lowest BCUT2D eigenvalue weighted by Crippen LogP contribution is -2.49. The third kappa shape index (κ3) is 4.85. The third-order valence-electron chi connectivity index (χ3n) is 6.13. The summed E-state index contributed by atoms with van der Waals surface area (Å²) in [6.07, 6.45) is 0.658. The van der Waals surface area contributed by atoms with Crippen LogP contribution in [0.1, 0.15) is 48.2 Å². The first-order chi connectivity index (χ1) is 15.8. The van der Waals surface area contributed by atoms with Crippen LogP contribution in [0.4, 0.5) is 13.2 Å². The summed E-state index contributed by atoms with van der Waals surface area (Å²) in [5, 5.41) is 16.2. The molecule has 2 aromatic rings. The van der Waals surface area contributed by atoms with E-state index in [-0.39, 0.29) is 30.9 Å². The molecule has 3 N–H and O–H groups in total. The predicted molar refractivity (Wildman–Crippen MR) is 116 cm³/mol. The summed E-state index contributed by atoms with van der Waals surface area (Å²) in [5.74, 6) is -4.72. The molecule has 0 saturated carbocycles. The van der Waals surface area contributed by atoms with Crippen molar-refractivity contribution in [3.63, 3.8) is 0 Å². The van der Waals surface area contributed by atoms with Crippen molar-refractivity contribution in [3.05, 3.63) is 64.5 Å². The number of nitrogens with zero attached hydrogens (tertiary/aromatic N) is 1. The molecule has 2 unspecified atom stereocenters. The number of halogens is 3. The quantitative estimate of drug-likeness (QED) is 0.561. The molecule has 33 heavy (non-hydrogen) atoms. The lowest BCUT2D eigenvalue weighted by atomic mass is 10.0. The van der Waals surface area contributed by atoms with Crippen LogP contribution in [-0.4, -0.2) is 41.7 Å². The topological polar surface area (TPSA) is 73.8 Å². The van der Waals surface area contributed by atoms with Crippen LogP contribution < -0.4 is 15.4 Å². The van der Waals surface area contributed by atoms with E-state index in [0.717, 1.165) is 29.2 Å². The number of amides is 1. The molecule has 9 heteroatoms. The zero-order chi connectivity index (χ0) is 23.6. The standard InChI is InChI=1S/C24H28F3N3O3/c1-2-33-20-7-3-5-18(25)21(20)24(26,27)14-28-12-15-8-9-17-16(11-15)13-30(23(17)32)19-6-4-10-29-22(19)31/h3,5,7-9,11,19,23,28,32H,2,4,6,10,12-14H2,1H3,(H,29,31). The van der Waals surface area contributed by atoms with Gasteiger partial charge in [0.1, 0.15) is 17.8 Å². The fraction of sp³-hybridized carbons (Fsp3) is 0.458. The van der Waals surface area contributed by atoms with Crippen LogP contribution >= 0.6 is 0 Å². The van der Waals surface area contributed by atoms with Crippen LogP contribution in [0.5, 0.6) is 5.75 Å². The van der Waals surface area contributed by atoms with Crippen LogP contribution in [0.2, 0.25) is 0 Å². The van der Waals surface area contributed by atoms with Gasteiger partial charge in [-0.15, -0.1) is 0 Å². The number of ether oxygens (including phenoxy) is 1. The Labute approximate surface area is 190 Å². The molecular weight excluding hydrogens is 435 g/mol. The Morgan fingerprint density at radius 2 is 2.12 bits per heavy atom. The lowest BCUT2D eigenvalue weighted by molar-refractivity contribution is -0.133. The number of carbonyl (C=O) groups excluding carboxylic acids is 1. The van der Waals surface area contributed by atoms with Gasteiger partial charge in [0.15, 0.2) is 0 Å². The van der Waals surface area contributed by atoms with Crippen molar-refractivity contribution >= 4 is 5.91 Å². The van der Waals surface area contributed by atoms with Gasteiger partial charge in [-0.05, 0) is 48.6 Å². The number of aliphatic hydroxyl groups is 1. The normalized spacial score (nSPS) is 21.1. The zero-order valence-corrected chi connectivity index (χ0v) is 18.4. The summed E-state index contributed by atoms with van der Waals surface area (Å²) in [6.45, 7) is 2.23. The fourth-order valence-electron chi connectivity index (χ4n) is 4.56. The monoisotopic (exact) mass is 463 g/mol. The Kier molecular flexibility index (Phi) is 6.92. The smallest absolute Gasteiger partial charge is 0.291 e. The van der Waals surface area contributed by atoms with Gasteiger partial charge in [-0.3, -0.25) is 9.69 Å². The average molecular weight is 464 g/mol. The summed E-state index contributed by atoms with van der Waals surface area (Å²) in [5.41, 5.74) is 1.58. The Bertz CT molecular complexity index is 1020. The van der Waals surface area contributed by atoms with Gasteiger partial charge in [0.25, 0.3) is 5.92 Å². The van der Waals surface area contributed by atoms with Crippen molar-refractivity contribution in [1.29, 1.82) is 0 Å². The van der Waals surface area contributed by atoms with Gasteiger partial charge >= 0.3 is 0 Å². The summed E-state index contributed by atoms with van der Waals surface area (Å²) >= 11 is 0. The highest BCUT2D eigenvalue weighted by molar-refractivity contribution is 5.82. The van der Waals surface area contributed by atoms with Crippen molar-refractivity contribution < 1.29 is 27.8 Å². The number of hydrogen-bond acceptors (Lipinski definition) is 5. The Morgan fingerprint density at radius 3 is 2.88 bits per heavy atom. The molecule has 1 amide bonds. The Balaban J connectivity index is 1.41. The maximum atomic E-state index is 14.8. The van der Waals surface area contributed by atoms with Crippen molar-refractivity contribution in [2.24, 2.45) is 0 Å². The number of fused-ring (bicyclic) bond motifs is 1. The van der Waals surface area contributed by atoms with Crippen molar-refractivity contribution in [3.8, 4) is 5.75 Å². The second-order valence-electron chi connectivity index (χ2n) is 8.38. The molecule has 0 bridgehead atoms. The van der Waals surface area contributed by atoms with Crippen LogP contribution in [-0.2, 0) is 23.8 Å². The molecule has 0 aliphatic carbocycles. The van der Waals surface area contributed by atoms with E-state index >= 15 is 0 Å². The van der Waals surface area contributed by atoms with Gasteiger partial charge in [0, 0.05) is 19.6 Å². The summed E-state index contributed by atoms with van der Waals surface area (Å²) in [4.78, 5) is 14.0. The van der Waals surface area contributed by atoms with E-state index in [2.05, 4.69) is 10.6 Å². The predicted octanol–water partition coefficient (Wildman–Crippen LogP) is 3.19. The maximum absolute atomic E-state index is 14.8. The zero-order valence-electron chi connectivity index (χ0n) is 18.4. The second kappa shape index (κ2) is 9.70. The van der Waals surface area contributed by atoms with Gasteiger partial charge in [0.05, 0.1) is 24.8 Å². The molecular formula is C24H28F3N3O3. The minimum absolute atomic E-state index is 0.0863. The van der Waals surface area contributed by atoms with Gasteiger partial charge in [0.2, 0.25) is 5.91 Å². The highest BCUT2D eigenvalue weighted by atomic mass is 19.3. The number of alkyl halides is 2. The highest BCUT2D eigenvalue weighted by Gasteiger charge is 2.39. The summed E-state index contributed by atoms with van der Waals surface area (Å²) in [6, 6.07) is 8.65. The van der Waals surface area contributed by atoms with Gasteiger partial charge in [-0.1, -0.05) is 24.3 Å². The summed E-state index contributed by atoms with van der Waals surface area (Å²) in [7, 11) is 0. The first-order valence-corrected chi connectivity index (χ1v) is 11.2. The van der Waals surface area contributed by atoms with Crippen LogP contribution in [0, 0.1) is 5.82 Å². The largest absolute Gasteiger partial charge is 0.493 e. The Hall–Kier alpha value is -2.62. The number of carbonyl (C=O) groups is 1. The second-order valence-corrected chi connectivity index (χ2v) is 8.38. The third-order valence-corrected chi connectivity index (χ3v) is 6.13. The molecule has 1 saturated heterocycles. The molecule has 2 heterocycles. The van der Waals surface area contributed by atoms with E-state index < -0.39 is 30.1 Å². The fourth-order valence-corrected chi connectivity index (χ4v) is 4.56. The van der Waals surface area contributed by atoms with E-state index in [1.807, 2.05) is 6.07 Å². The SMILES string of the molecule is CCOc1cccc(F)c1C(F)(F)CNCc1ccc2c(c1)CN(C1CCCNC1=O)C2O. The van der Waals surface area contributed by atoms with Gasteiger partial charge in [-0.25, -0.2) is 4.39 Å². The number of nitrogens with one attached hydrogen (secondary N) is 2. The van der Waals surface area contributed by atoms with Crippen molar-refractivity contribution in [2.75, 3.05) is 19.7 Å². The summed E-state index contributed by atoms with van der Waals surface area (Å²) < 4.78 is 49.0. The number of piperidine rings is 1.